The molecule has 1 aliphatic rings. The Morgan fingerprint density at radius 3 is 2.47 bits per heavy atom. The van der Waals surface area contributed by atoms with Crippen molar-refractivity contribution in [2.45, 2.75) is 25.3 Å². The lowest BCUT2D eigenvalue weighted by Crippen LogP contribution is -2.38. The Morgan fingerprint density at radius 2 is 1.80 bits per heavy atom. The molecule has 154 valence electrons. The standard InChI is InChI=1S/C25H27N3O2/c1-25(26,17-29)24-27-15-23(28-24)21-11-13-22(14-12-21)30-16-18-7-9-20(10-8-18)19-5-3-2-4-6-19/h2-7,9,11-15,29H,8,10,16-17,26H2,1H3,(H,27,28)/t25-/m0/s1. The first-order valence-corrected chi connectivity index (χ1v) is 10.2. The van der Waals surface area contributed by atoms with Crippen LogP contribution >= 0.6 is 0 Å². The number of ether oxygens (including phenoxy) is 1. The highest BCUT2D eigenvalue weighted by Crippen LogP contribution is 2.28. The van der Waals surface area contributed by atoms with Crippen LogP contribution < -0.4 is 10.5 Å². The van der Waals surface area contributed by atoms with Crippen molar-refractivity contribution in [3.8, 4) is 17.0 Å². The van der Waals surface area contributed by atoms with E-state index in [4.69, 9.17) is 10.5 Å². The molecule has 1 heterocycles. The largest absolute Gasteiger partial charge is 0.489 e. The van der Waals surface area contributed by atoms with Gasteiger partial charge in [0.05, 0.1) is 24.0 Å². The third kappa shape index (κ3) is 4.53. The van der Waals surface area contributed by atoms with Crippen LogP contribution in [-0.4, -0.2) is 28.3 Å². The van der Waals surface area contributed by atoms with Crippen LogP contribution in [0.3, 0.4) is 0 Å². The highest BCUT2D eigenvalue weighted by molar-refractivity contribution is 5.68. The lowest BCUT2D eigenvalue weighted by atomic mass is 9.94. The van der Waals surface area contributed by atoms with Crippen LogP contribution in [-0.2, 0) is 5.54 Å². The number of allylic oxidation sites excluding steroid dienone is 3. The smallest absolute Gasteiger partial charge is 0.128 e. The number of rotatable bonds is 7. The van der Waals surface area contributed by atoms with E-state index in [1.54, 1.807) is 13.1 Å². The maximum absolute atomic E-state index is 9.39. The summed E-state index contributed by atoms with van der Waals surface area (Å²) < 4.78 is 5.98. The van der Waals surface area contributed by atoms with E-state index in [0.717, 1.165) is 29.8 Å². The van der Waals surface area contributed by atoms with Crippen molar-refractivity contribution in [1.29, 1.82) is 0 Å². The minimum Gasteiger partial charge on any atom is -0.489 e. The third-order valence-electron chi connectivity index (χ3n) is 5.42. The zero-order valence-electron chi connectivity index (χ0n) is 17.1. The van der Waals surface area contributed by atoms with E-state index in [2.05, 4.69) is 46.4 Å². The van der Waals surface area contributed by atoms with Gasteiger partial charge >= 0.3 is 0 Å². The predicted molar refractivity (Wildman–Crippen MR) is 120 cm³/mol. The molecule has 4 N–H and O–H groups in total. The van der Waals surface area contributed by atoms with Gasteiger partial charge in [0.2, 0.25) is 0 Å². The molecule has 0 saturated carbocycles. The molecule has 1 aromatic heterocycles. The molecule has 4 rings (SSSR count). The van der Waals surface area contributed by atoms with Gasteiger partial charge in [-0.25, -0.2) is 4.98 Å². The number of nitrogens with two attached hydrogens (primary N) is 1. The van der Waals surface area contributed by atoms with Gasteiger partial charge in [0.25, 0.3) is 0 Å². The lowest BCUT2D eigenvalue weighted by molar-refractivity contribution is 0.204. The van der Waals surface area contributed by atoms with Gasteiger partial charge in [-0.2, -0.15) is 0 Å². The molecule has 30 heavy (non-hydrogen) atoms. The number of aromatic nitrogens is 2. The molecule has 2 aromatic carbocycles. The first-order valence-electron chi connectivity index (χ1n) is 10.2. The second kappa shape index (κ2) is 8.69. The predicted octanol–water partition coefficient (Wildman–Crippen LogP) is 4.43. The fraction of sp³-hybridized carbons (Fsp3) is 0.240. The monoisotopic (exact) mass is 401 g/mol. The molecule has 0 radical (unpaired) electrons. The Bertz CT molecular complexity index is 1050. The summed E-state index contributed by atoms with van der Waals surface area (Å²) in [6.45, 7) is 2.16. The molecule has 1 atom stereocenters. The minimum absolute atomic E-state index is 0.176. The highest BCUT2D eigenvalue weighted by Gasteiger charge is 2.23. The molecule has 0 saturated heterocycles. The Balaban J connectivity index is 1.37. The van der Waals surface area contributed by atoms with Crippen LogP contribution in [0, 0.1) is 0 Å². The van der Waals surface area contributed by atoms with Gasteiger partial charge in [0, 0.05) is 0 Å². The van der Waals surface area contributed by atoms with Crippen molar-refractivity contribution in [1.82, 2.24) is 9.97 Å². The third-order valence-corrected chi connectivity index (χ3v) is 5.42. The van der Waals surface area contributed by atoms with E-state index in [1.165, 1.54) is 16.7 Å². The zero-order chi connectivity index (χ0) is 21.0. The van der Waals surface area contributed by atoms with Crippen LogP contribution in [0.5, 0.6) is 5.75 Å². The summed E-state index contributed by atoms with van der Waals surface area (Å²) in [4.78, 5) is 7.49. The first-order chi connectivity index (χ1) is 14.5. The van der Waals surface area contributed by atoms with Crippen LogP contribution in [0.4, 0.5) is 0 Å². The van der Waals surface area contributed by atoms with Crippen LogP contribution in [0.1, 0.15) is 31.2 Å². The van der Waals surface area contributed by atoms with E-state index < -0.39 is 5.54 Å². The molecule has 0 fully saturated rings. The van der Waals surface area contributed by atoms with Crippen molar-refractivity contribution in [2.75, 3.05) is 13.2 Å². The number of hydrogen-bond acceptors (Lipinski definition) is 4. The summed E-state index contributed by atoms with van der Waals surface area (Å²) >= 11 is 0. The minimum atomic E-state index is -0.885. The molecular formula is C25H27N3O2. The van der Waals surface area contributed by atoms with Gasteiger partial charge in [-0.05, 0) is 66.3 Å². The second-order valence-electron chi connectivity index (χ2n) is 7.92. The SMILES string of the molecule is C[C@](N)(CO)c1ncc(-c2ccc(OCC3=CC=C(c4ccccc4)CC3)cc2)[nH]1. The number of aromatic amines is 1. The normalized spacial score (nSPS) is 15.8. The van der Waals surface area contributed by atoms with E-state index in [1.807, 2.05) is 30.3 Å². The quantitative estimate of drug-likeness (QED) is 0.547. The molecule has 5 nitrogen and oxygen atoms in total. The van der Waals surface area contributed by atoms with Gasteiger partial charge < -0.3 is 20.6 Å². The molecule has 0 spiro atoms. The highest BCUT2D eigenvalue weighted by atomic mass is 16.5. The molecule has 0 amide bonds. The summed E-state index contributed by atoms with van der Waals surface area (Å²) in [6, 6.07) is 18.4. The van der Waals surface area contributed by atoms with Crippen molar-refractivity contribution >= 4 is 5.57 Å². The molecule has 0 bridgehead atoms. The Morgan fingerprint density at radius 1 is 1.03 bits per heavy atom. The molecular weight excluding hydrogens is 374 g/mol. The zero-order valence-corrected chi connectivity index (χ0v) is 17.1. The van der Waals surface area contributed by atoms with Crippen LogP contribution in [0.2, 0.25) is 0 Å². The number of imidazole rings is 1. The van der Waals surface area contributed by atoms with Crippen LogP contribution in [0.25, 0.3) is 16.8 Å². The molecule has 0 aliphatic heterocycles. The average molecular weight is 402 g/mol. The Hall–Kier alpha value is -3.15. The van der Waals surface area contributed by atoms with E-state index in [9.17, 15) is 5.11 Å². The number of nitrogens with one attached hydrogen (secondary N) is 1. The summed E-state index contributed by atoms with van der Waals surface area (Å²) in [6.07, 6.45) is 8.16. The number of aliphatic hydroxyl groups is 1. The van der Waals surface area contributed by atoms with Crippen molar-refractivity contribution < 1.29 is 9.84 Å². The Labute approximate surface area is 176 Å². The number of nitrogens with zero attached hydrogens (tertiary/aromatic N) is 1. The summed E-state index contributed by atoms with van der Waals surface area (Å²) in [5.41, 5.74) is 11.0. The lowest BCUT2D eigenvalue weighted by Gasteiger charge is -2.18. The van der Waals surface area contributed by atoms with E-state index >= 15 is 0 Å². The fourth-order valence-corrected chi connectivity index (χ4v) is 3.43. The summed E-state index contributed by atoms with van der Waals surface area (Å²) in [7, 11) is 0. The molecule has 1 aliphatic carbocycles. The number of H-pyrrole nitrogens is 1. The fourth-order valence-electron chi connectivity index (χ4n) is 3.43. The topological polar surface area (TPSA) is 84.2 Å². The Kier molecular flexibility index (Phi) is 5.84. The maximum Gasteiger partial charge on any atom is 0.128 e. The maximum atomic E-state index is 9.39. The van der Waals surface area contributed by atoms with Gasteiger partial charge in [0.15, 0.2) is 0 Å². The van der Waals surface area contributed by atoms with Gasteiger partial charge in [-0.1, -0.05) is 42.5 Å². The van der Waals surface area contributed by atoms with Crippen molar-refractivity contribution in [2.24, 2.45) is 5.73 Å². The van der Waals surface area contributed by atoms with Crippen molar-refractivity contribution in [3.05, 3.63) is 89.9 Å². The number of hydrogen-bond donors (Lipinski definition) is 3. The number of aliphatic hydroxyl groups excluding tert-OH is 1. The van der Waals surface area contributed by atoms with E-state index in [-0.39, 0.29) is 6.61 Å². The summed E-state index contributed by atoms with van der Waals surface area (Å²) in [5.74, 6) is 1.39. The van der Waals surface area contributed by atoms with E-state index in [0.29, 0.717) is 12.4 Å². The second-order valence-corrected chi connectivity index (χ2v) is 7.92. The van der Waals surface area contributed by atoms with Crippen molar-refractivity contribution in [3.63, 3.8) is 0 Å². The van der Waals surface area contributed by atoms with Gasteiger partial charge in [0.1, 0.15) is 18.2 Å². The first kappa shape index (κ1) is 20.1. The van der Waals surface area contributed by atoms with Gasteiger partial charge in [-0.3, -0.25) is 0 Å². The average Bonchev–Trinajstić information content (AvgIpc) is 3.30. The molecule has 0 unspecified atom stereocenters. The summed E-state index contributed by atoms with van der Waals surface area (Å²) in [5, 5.41) is 9.39. The van der Waals surface area contributed by atoms with Crippen LogP contribution in [0.15, 0.2) is 78.5 Å². The molecule has 5 heteroatoms. The number of benzene rings is 2. The molecule has 3 aromatic rings. The van der Waals surface area contributed by atoms with Gasteiger partial charge in [-0.15, -0.1) is 0 Å².